The number of hydrogen-bond donors (Lipinski definition) is 1. The maximum Gasteiger partial charge on any atom is 0.416 e. The van der Waals surface area contributed by atoms with Gasteiger partial charge in [-0.15, -0.1) is 0 Å². The number of likely N-dealkylation sites (tertiary alicyclic amines) is 1. The molecule has 2 fully saturated rings. The Hall–Kier alpha value is -2.87. The predicted octanol–water partition coefficient (Wildman–Crippen LogP) is 5.92. The van der Waals surface area contributed by atoms with Crippen molar-refractivity contribution in [3.8, 4) is 0 Å². The molecule has 0 bridgehead atoms. The Balaban J connectivity index is 1.38. The van der Waals surface area contributed by atoms with Gasteiger partial charge in [0.15, 0.2) is 0 Å². The summed E-state index contributed by atoms with van der Waals surface area (Å²) in [6, 6.07) is 10.6. The van der Waals surface area contributed by atoms with Gasteiger partial charge in [-0.05, 0) is 72.6 Å². The molecule has 194 valence electrons. The fraction of sp³-hybridized carbons (Fsp3) is 0.500. The average Bonchev–Trinajstić information content (AvgIpc) is 2.81. The monoisotopic (exact) mass is 501 g/mol. The number of nitrogens with zero attached hydrogens (tertiary/aromatic N) is 2. The first-order valence-electron chi connectivity index (χ1n) is 12.6. The van der Waals surface area contributed by atoms with E-state index in [-0.39, 0.29) is 24.3 Å². The van der Waals surface area contributed by atoms with Crippen molar-refractivity contribution in [1.29, 1.82) is 0 Å². The van der Waals surface area contributed by atoms with E-state index in [4.69, 9.17) is 10.6 Å². The summed E-state index contributed by atoms with van der Waals surface area (Å²) in [6.45, 7) is 5.92. The first kappa shape index (κ1) is 26.2. The molecule has 1 amide bonds. The summed E-state index contributed by atoms with van der Waals surface area (Å²) < 4.78 is 41.4. The molecule has 36 heavy (non-hydrogen) atoms. The average molecular weight is 502 g/mol. The molecular formula is C28H34F3N3O2. The molecule has 4 rings (SSSR count). The van der Waals surface area contributed by atoms with E-state index in [0.717, 1.165) is 55.3 Å². The van der Waals surface area contributed by atoms with Crippen LogP contribution in [0.4, 0.5) is 13.2 Å². The van der Waals surface area contributed by atoms with Crippen LogP contribution < -0.4 is 5.73 Å². The number of halogens is 3. The largest absolute Gasteiger partial charge is 0.416 e. The van der Waals surface area contributed by atoms with Crippen LogP contribution in [-0.2, 0) is 29.0 Å². The molecule has 0 radical (unpaired) electrons. The highest BCUT2D eigenvalue weighted by molar-refractivity contribution is 5.98. The molecule has 8 heteroatoms. The highest BCUT2D eigenvalue weighted by atomic mass is 19.4. The molecule has 1 aliphatic heterocycles. The van der Waals surface area contributed by atoms with E-state index >= 15 is 0 Å². The number of carbonyl (C=O) groups is 1. The molecule has 2 aliphatic rings. The zero-order chi connectivity index (χ0) is 25.9. The minimum atomic E-state index is -4.39. The van der Waals surface area contributed by atoms with Gasteiger partial charge in [0.05, 0.1) is 17.2 Å². The molecular weight excluding hydrogens is 467 g/mol. The number of carbonyl (C=O) groups excluding carboxylic acids is 1. The molecule has 0 spiro atoms. The minimum Gasteiger partial charge on any atom is -0.391 e. The van der Waals surface area contributed by atoms with Crippen LogP contribution in [0.25, 0.3) is 0 Å². The van der Waals surface area contributed by atoms with Gasteiger partial charge in [0.1, 0.15) is 6.61 Å². The summed E-state index contributed by atoms with van der Waals surface area (Å²) in [4.78, 5) is 18.8. The summed E-state index contributed by atoms with van der Waals surface area (Å²) in [5.74, 6) is -0.339. The molecule has 5 nitrogen and oxygen atoms in total. The molecule has 0 unspecified atom stereocenters. The van der Waals surface area contributed by atoms with Crippen LogP contribution in [-0.4, -0.2) is 29.6 Å². The van der Waals surface area contributed by atoms with Crippen LogP contribution in [0, 0.1) is 12.8 Å². The Kier molecular flexibility index (Phi) is 8.03. The van der Waals surface area contributed by atoms with Crippen LogP contribution >= 0.6 is 0 Å². The van der Waals surface area contributed by atoms with Gasteiger partial charge in [-0.3, -0.25) is 9.69 Å². The normalized spacial score (nSPS) is 18.2. The Morgan fingerprint density at radius 1 is 1.11 bits per heavy atom. The molecule has 1 heterocycles. The van der Waals surface area contributed by atoms with E-state index in [1.807, 2.05) is 32.0 Å². The van der Waals surface area contributed by atoms with Gasteiger partial charge in [0.25, 0.3) is 0 Å². The lowest BCUT2D eigenvalue weighted by Gasteiger charge is -2.37. The number of oxime groups is 1. The smallest absolute Gasteiger partial charge is 0.391 e. The standard InChI is InChI=1S/C28H34F3N3O2/c1-18-12-22(9-10-23(18)14-34-15-24(16-34)27(32)35)19(2)33-36-17-20-8-11-25(21-6-4-3-5-7-21)26(13-20)28(29,30)31/h8-13,21,24H,3-7,14-17H2,1-2H3,(H2,32,35)/b33-19+. The number of benzene rings is 2. The van der Waals surface area contributed by atoms with Gasteiger partial charge in [0, 0.05) is 19.6 Å². The van der Waals surface area contributed by atoms with Gasteiger partial charge in [-0.25, -0.2) is 0 Å². The van der Waals surface area contributed by atoms with Gasteiger partial charge in [-0.1, -0.05) is 48.7 Å². The van der Waals surface area contributed by atoms with E-state index in [1.54, 1.807) is 12.1 Å². The van der Waals surface area contributed by atoms with Gasteiger partial charge in [0.2, 0.25) is 5.91 Å². The lowest BCUT2D eigenvalue weighted by Crippen LogP contribution is -2.51. The number of nitrogens with two attached hydrogens (primary N) is 1. The first-order chi connectivity index (χ1) is 17.1. The Morgan fingerprint density at radius 3 is 2.47 bits per heavy atom. The first-order valence-corrected chi connectivity index (χ1v) is 12.6. The van der Waals surface area contributed by atoms with Crippen molar-refractivity contribution in [2.45, 2.75) is 71.2 Å². The predicted molar refractivity (Wildman–Crippen MR) is 133 cm³/mol. The second kappa shape index (κ2) is 11.0. The van der Waals surface area contributed by atoms with E-state index in [2.05, 4.69) is 10.1 Å². The molecule has 2 N–H and O–H groups in total. The summed E-state index contributed by atoms with van der Waals surface area (Å²) >= 11 is 0. The number of aryl methyl sites for hydroxylation is 1. The molecule has 2 aromatic rings. The van der Waals surface area contributed by atoms with Crippen LogP contribution in [0.2, 0.25) is 0 Å². The molecule has 1 aliphatic carbocycles. The zero-order valence-corrected chi connectivity index (χ0v) is 20.9. The molecule has 0 aromatic heterocycles. The van der Waals surface area contributed by atoms with Crippen LogP contribution in [0.5, 0.6) is 0 Å². The van der Waals surface area contributed by atoms with Crippen molar-refractivity contribution in [2.24, 2.45) is 16.8 Å². The van der Waals surface area contributed by atoms with Crippen LogP contribution in [0.15, 0.2) is 41.6 Å². The van der Waals surface area contributed by atoms with Crippen molar-refractivity contribution < 1.29 is 22.8 Å². The quantitative estimate of drug-likeness (QED) is 0.361. The lowest BCUT2D eigenvalue weighted by atomic mass is 9.81. The van der Waals surface area contributed by atoms with E-state index < -0.39 is 11.7 Å². The number of rotatable bonds is 8. The van der Waals surface area contributed by atoms with Gasteiger partial charge >= 0.3 is 6.18 Å². The third kappa shape index (κ3) is 6.27. The second-order valence-electron chi connectivity index (χ2n) is 10.1. The molecule has 1 saturated carbocycles. The maximum absolute atomic E-state index is 13.8. The molecule has 0 atom stereocenters. The summed E-state index contributed by atoms with van der Waals surface area (Å²) in [5, 5.41) is 4.16. The number of hydrogen-bond acceptors (Lipinski definition) is 4. The summed E-state index contributed by atoms with van der Waals surface area (Å²) in [5.41, 5.74) is 9.44. The number of primary amides is 1. The highest BCUT2D eigenvalue weighted by Gasteiger charge is 2.36. The highest BCUT2D eigenvalue weighted by Crippen LogP contribution is 2.41. The lowest BCUT2D eigenvalue weighted by molar-refractivity contribution is -0.138. The van der Waals surface area contributed by atoms with Crippen molar-refractivity contribution in [2.75, 3.05) is 13.1 Å². The van der Waals surface area contributed by atoms with Crippen LogP contribution in [0.3, 0.4) is 0 Å². The molecule has 2 aromatic carbocycles. The topological polar surface area (TPSA) is 67.9 Å². The molecule has 1 saturated heterocycles. The van der Waals surface area contributed by atoms with Crippen molar-refractivity contribution in [1.82, 2.24) is 4.90 Å². The fourth-order valence-electron chi connectivity index (χ4n) is 5.18. The van der Waals surface area contributed by atoms with Gasteiger partial charge in [-0.2, -0.15) is 13.2 Å². The number of amides is 1. The summed E-state index contributed by atoms with van der Waals surface area (Å²) in [6.07, 6.45) is 0.293. The number of alkyl halides is 3. The SMILES string of the molecule is C/C(=N\OCc1ccc(C2CCCCC2)c(C(F)(F)F)c1)c1ccc(CN2CC(C(N)=O)C2)c(C)c1. The maximum atomic E-state index is 13.8. The Morgan fingerprint density at radius 2 is 1.83 bits per heavy atom. The van der Waals surface area contributed by atoms with E-state index in [0.29, 0.717) is 29.9 Å². The van der Waals surface area contributed by atoms with Crippen LogP contribution in [0.1, 0.15) is 78.3 Å². The fourth-order valence-corrected chi connectivity index (χ4v) is 5.18. The Labute approximate surface area is 210 Å². The summed E-state index contributed by atoms with van der Waals surface area (Å²) in [7, 11) is 0. The second-order valence-corrected chi connectivity index (χ2v) is 10.1. The third-order valence-corrected chi connectivity index (χ3v) is 7.41. The third-order valence-electron chi connectivity index (χ3n) is 7.41. The minimum absolute atomic E-state index is 0.0255. The van der Waals surface area contributed by atoms with E-state index in [9.17, 15) is 18.0 Å². The Bertz CT molecular complexity index is 1120. The van der Waals surface area contributed by atoms with Gasteiger partial charge < -0.3 is 10.6 Å². The zero-order valence-electron chi connectivity index (χ0n) is 20.9. The van der Waals surface area contributed by atoms with Crippen molar-refractivity contribution in [3.63, 3.8) is 0 Å². The van der Waals surface area contributed by atoms with Crippen molar-refractivity contribution in [3.05, 3.63) is 69.8 Å². The van der Waals surface area contributed by atoms with Crippen molar-refractivity contribution >= 4 is 11.6 Å². The van der Waals surface area contributed by atoms with E-state index in [1.165, 1.54) is 6.07 Å².